The maximum atomic E-state index is 11.1. The molecule has 0 aliphatic carbocycles. The highest BCUT2D eigenvalue weighted by molar-refractivity contribution is 5.88. The summed E-state index contributed by atoms with van der Waals surface area (Å²) in [5.74, 6) is -0.506. The van der Waals surface area contributed by atoms with Crippen molar-refractivity contribution in [1.82, 2.24) is 9.38 Å². The average molecular weight is 250 g/mol. The molecular weight excluding hydrogens is 236 g/mol. The molecule has 6 nitrogen and oxygen atoms in total. The first-order valence-electron chi connectivity index (χ1n) is 5.59. The number of carbonyl (C=O) groups is 1. The van der Waals surface area contributed by atoms with Gasteiger partial charge in [0, 0.05) is 19.2 Å². The second-order valence-corrected chi connectivity index (χ2v) is 3.84. The Labute approximate surface area is 103 Å². The van der Waals surface area contributed by atoms with Crippen LogP contribution < -0.4 is 4.74 Å². The lowest BCUT2D eigenvalue weighted by Crippen LogP contribution is -2.04. The number of hydrogen-bond acceptors (Lipinski definition) is 4. The van der Waals surface area contributed by atoms with Gasteiger partial charge in [0.1, 0.15) is 0 Å². The van der Waals surface area contributed by atoms with E-state index in [0.29, 0.717) is 30.1 Å². The molecule has 2 aromatic heterocycles. The summed E-state index contributed by atoms with van der Waals surface area (Å²) >= 11 is 0. The first kappa shape index (κ1) is 12.4. The Kier molecular flexibility index (Phi) is 3.47. The largest absolute Gasteiger partial charge is 0.490 e. The number of rotatable bonds is 5. The number of carboxylic acids is 1. The van der Waals surface area contributed by atoms with Crippen molar-refractivity contribution in [3.05, 3.63) is 29.7 Å². The highest BCUT2D eigenvalue weighted by Gasteiger charge is 2.17. The molecule has 0 unspecified atom stereocenters. The fourth-order valence-electron chi connectivity index (χ4n) is 1.77. The summed E-state index contributed by atoms with van der Waals surface area (Å²) in [6.45, 7) is 2.06. The number of pyridine rings is 1. The van der Waals surface area contributed by atoms with Crippen LogP contribution in [0.5, 0.6) is 5.75 Å². The molecule has 2 aromatic rings. The summed E-state index contributed by atoms with van der Waals surface area (Å²) in [5, 5.41) is 17.8. The molecule has 0 saturated carbocycles. The minimum atomic E-state index is -1.02. The van der Waals surface area contributed by atoms with Gasteiger partial charge in [-0.05, 0) is 19.1 Å². The molecule has 0 spiro atoms. The lowest BCUT2D eigenvalue weighted by atomic mass is 10.3. The number of hydrogen-bond donors (Lipinski definition) is 2. The molecule has 0 bridgehead atoms. The van der Waals surface area contributed by atoms with Crippen LogP contribution in [0.2, 0.25) is 0 Å². The molecule has 0 radical (unpaired) electrons. The van der Waals surface area contributed by atoms with Gasteiger partial charge in [0.25, 0.3) is 0 Å². The molecule has 18 heavy (non-hydrogen) atoms. The molecule has 0 amide bonds. The van der Waals surface area contributed by atoms with E-state index < -0.39 is 5.97 Å². The smallest absolute Gasteiger partial charge is 0.354 e. The van der Waals surface area contributed by atoms with Gasteiger partial charge in [-0.1, -0.05) is 0 Å². The molecule has 2 heterocycles. The summed E-state index contributed by atoms with van der Waals surface area (Å²) in [4.78, 5) is 15.3. The van der Waals surface area contributed by atoms with E-state index in [4.69, 9.17) is 14.9 Å². The summed E-state index contributed by atoms with van der Waals surface area (Å²) in [7, 11) is 0. The topological polar surface area (TPSA) is 84.1 Å². The predicted molar refractivity (Wildman–Crippen MR) is 64.1 cm³/mol. The van der Waals surface area contributed by atoms with Crippen molar-refractivity contribution < 1.29 is 19.7 Å². The fraction of sp³-hybridized carbons (Fsp3) is 0.333. The number of nitrogens with zero attached hydrogens (tertiary/aromatic N) is 2. The maximum absolute atomic E-state index is 11.1. The van der Waals surface area contributed by atoms with Crippen LogP contribution >= 0.6 is 0 Å². The molecule has 0 saturated heterocycles. The van der Waals surface area contributed by atoms with Gasteiger partial charge >= 0.3 is 5.97 Å². The van der Waals surface area contributed by atoms with Gasteiger partial charge in [0.2, 0.25) is 0 Å². The van der Waals surface area contributed by atoms with E-state index >= 15 is 0 Å². The highest BCUT2D eigenvalue weighted by Crippen LogP contribution is 2.22. The number of ether oxygens (including phenoxy) is 1. The highest BCUT2D eigenvalue weighted by atomic mass is 16.5. The zero-order chi connectivity index (χ0) is 13.1. The summed E-state index contributed by atoms with van der Waals surface area (Å²) < 4.78 is 6.96. The minimum absolute atomic E-state index is 0.0525. The van der Waals surface area contributed by atoms with Crippen molar-refractivity contribution >= 4 is 11.6 Å². The first-order valence-corrected chi connectivity index (χ1v) is 5.59. The van der Waals surface area contributed by atoms with E-state index in [9.17, 15) is 4.79 Å². The molecule has 6 heteroatoms. The Hall–Kier alpha value is -2.08. The van der Waals surface area contributed by atoms with Gasteiger partial charge in [0.05, 0.1) is 12.3 Å². The predicted octanol–water partition coefficient (Wildman–Crippen LogP) is 1.10. The van der Waals surface area contributed by atoms with Crippen molar-refractivity contribution in [1.29, 1.82) is 0 Å². The van der Waals surface area contributed by atoms with Gasteiger partial charge in [-0.15, -0.1) is 0 Å². The van der Waals surface area contributed by atoms with E-state index in [2.05, 4.69) is 4.98 Å². The molecule has 2 N–H and O–H groups in total. The summed E-state index contributed by atoms with van der Waals surface area (Å²) in [6.07, 6.45) is 2.16. The lowest BCUT2D eigenvalue weighted by molar-refractivity contribution is 0.0688. The third kappa shape index (κ3) is 2.14. The first-order chi connectivity index (χ1) is 8.65. The van der Waals surface area contributed by atoms with Gasteiger partial charge in [0.15, 0.2) is 17.1 Å². The zero-order valence-electron chi connectivity index (χ0n) is 9.96. The average Bonchev–Trinajstić information content (AvgIpc) is 2.66. The number of fused-ring (bicyclic) bond motifs is 1. The number of aryl methyl sites for hydroxylation is 1. The van der Waals surface area contributed by atoms with E-state index in [-0.39, 0.29) is 12.3 Å². The van der Waals surface area contributed by atoms with Crippen LogP contribution in [0, 0.1) is 6.92 Å². The van der Waals surface area contributed by atoms with E-state index in [1.54, 1.807) is 25.3 Å². The van der Waals surface area contributed by atoms with Gasteiger partial charge in [-0.3, -0.25) is 4.40 Å². The zero-order valence-corrected chi connectivity index (χ0v) is 9.96. The number of aliphatic hydroxyl groups excluding tert-OH is 1. The monoisotopic (exact) mass is 250 g/mol. The second-order valence-electron chi connectivity index (χ2n) is 3.84. The lowest BCUT2D eigenvalue weighted by Gasteiger charge is -2.06. The van der Waals surface area contributed by atoms with Crippen LogP contribution in [0.15, 0.2) is 18.3 Å². The van der Waals surface area contributed by atoms with Crippen molar-refractivity contribution in [2.45, 2.75) is 13.3 Å². The van der Waals surface area contributed by atoms with E-state index in [0.717, 1.165) is 0 Å². The minimum Gasteiger partial charge on any atom is -0.490 e. The number of carboxylic acid groups (broad SMARTS) is 1. The van der Waals surface area contributed by atoms with Crippen molar-refractivity contribution in [2.75, 3.05) is 13.2 Å². The molecule has 0 aliphatic rings. The quantitative estimate of drug-likeness (QED) is 0.776. The number of aliphatic hydroxyl groups is 1. The molecule has 0 atom stereocenters. The number of aromatic carboxylic acids is 1. The Balaban J connectivity index is 2.44. The van der Waals surface area contributed by atoms with Gasteiger partial charge < -0.3 is 14.9 Å². The second kappa shape index (κ2) is 5.05. The number of aromatic nitrogens is 2. The Morgan fingerprint density at radius 1 is 1.56 bits per heavy atom. The number of imidazole rings is 1. The van der Waals surface area contributed by atoms with Crippen LogP contribution in [0.1, 0.15) is 22.6 Å². The third-order valence-electron chi connectivity index (χ3n) is 2.55. The standard InChI is InChI=1S/C12H14N2O4/c1-8-10(12(16)17)14-5-2-4-9(11(14)13-8)18-7-3-6-15/h2,4-5,15H,3,6-7H2,1H3,(H,16,17). The Morgan fingerprint density at radius 2 is 2.33 bits per heavy atom. The van der Waals surface area contributed by atoms with Crippen molar-refractivity contribution in [3.63, 3.8) is 0 Å². The Bertz CT molecular complexity index is 577. The van der Waals surface area contributed by atoms with Crippen LogP contribution in [0.4, 0.5) is 0 Å². The van der Waals surface area contributed by atoms with Crippen molar-refractivity contribution in [3.8, 4) is 5.75 Å². The van der Waals surface area contributed by atoms with Gasteiger partial charge in [-0.25, -0.2) is 9.78 Å². The molecular formula is C12H14N2O4. The summed E-state index contributed by atoms with van der Waals surface area (Å²) in [5.41, 5.74) is 1.06. The summed E-state index contributed by atoms with van der Waals surface area (Å²) in [6, 6.07) is 3.43. The Morgan fingerprint density at radius 3 is 3.00 bits per heavy atom. The molecule has 96 valence electrons. The van der Waals surface area contributed by atoms with Crippen LogP contribution in [-0.4, -0.2) is 38.8 Å². The van der Waals surface area contributed by atoms with Crippen molar-refractivity contribution in [2.24, 2.45) is 0 Å². The fourth-order valence-corrected chi connectivity index (χ4v) is 1.77. The SMILES string of the molecule is Cc1nc2c(OCCCO)cccn2c1C(=O)O. The molecule has 2 rings (SSSR count). The molecule has 0 aromatic carbocycles. The normalized spacial score (nSPS) is 10.8. The van der Waals surface area contributed by atoms with Crippen LogP contribution in [0.25, 0.3) is 5.65 Å². The molecule has 0 aliphatic heterocycles. The van der Waals surface area contributed by atoms with Gasteiger partial charge in [-0.2, -0.15) is 0 Å². The third-order valence-corrected chi connectivity index (χ3v) is 2.55. The van der Waals surface area contributed by atoms with Crippen LogP contribution in [-0.2, 0) is 0 Å². The van der Waals surface area contributed by atoms with E-state index in [1.165, 1.54) is 4.40 Å². The molecule has 0 fully saturated rings. The maximum Gasteiger partial charge on any atom is 0.354 e. The van der Waals surface area contributed by atoms with E-state index in [1.807, 2.05) is 0 Å². The van der Waals surface area contributed by atoms with Crippen LogP contribution in [0.3, 0.4) is 0 Å².